The molecule has 2 fully saturated rings. The SMILES string of the molecule is CC[C@H](C)[C@@H]([C@@H](CC(=O)N1CCC[C@H]1[C@H](OC)[C@@H](C)C(=O)NC(Cc1ccccc1)C(=O)O)OC)N(C)C(=O)[C@@H](N=C(N(C)C)N1CCNCC1)C(C)C. The van der Waals surface area contributed by atoms with E-state index < -0.39 is 54.2 Å². The monoisotopic (exact) mass is 758 g/mol. The van der Waals surface area contributed by atoms with Crippen LogP contribution < -0.4 is 10.6 Å². The molecule has 2 heterocycles. The van der Waals surface area contributed by atoms with Gasteiger partial charge in [-0.15, -0.1) is 0 Å². The van der Waals surface area contributed by atoms with Gasteiger partial charge in [0.15, 0.2) is 5.96 Å². The number of guanidine groups is 1. The number of carboxylic acid groups (broad SMARTS) is 1. The summed E-state index contributed by atoms with van der Waals surface area (Å²) >= 11 is 0. The van der Waals surface area contributed by atoms with Crippen LogP contribution in [0.4, 0.5) is 0 Å². The van der Waals surface area contributed by atoms with E-state index in [2.05, 4.69) is 29.4 Å². The van der Waals surface area contributed by atoms with Crippen LogP contribution in [0.5, 0.6) is 0 Å². The molecule has 0 aliphatic carbocycles. The van der Waals surface area contributed by atoms with E-state index in [1.807, 2.05) is 63.2 Å². The van der Waals surface area contributed by atoms with E-state index >= 15 is 0 Å². The van der Waals surface area contributed by atoms with Gasteiger partial charge < -0.3 is 44.8 Å². The third-order valence-electron chi connectivity index (χ3n) is 11.1. The molecule has 1 aromatic rings. The fourth-order valence-electron chi connectivity index (χ4n) is 7.83. The average molecular weight is 758 g/mol. The summed E-state index contributed by atoms with van der Waals surface area (Å²) in [4.78, 5) is 67.0. The minimum atomic E-state index is -1.12. The number of nitrogens with one attached hydrogen (secondary N) is 2. The van der Waals surface area contributed by atoms with Crippen molar-refractivity contribution in [3.63, 3.8) is 0 Å². The van der Waals surface area contributed by atoms with Crippen LogP contribution >= 0.6 is 0 Å². The Morgan fingerprint density at radius 2 is 1.65 bits per heavy atom. The molecule has 8 atom stereocenters. The number of likely N-dealkylation sites (tertiary alicyclic amines) is 1. The smallest absolute Gasteiger partial charge is 0.326 e. The number of methoxy groups -OCH3 is 2. The number of piperazine rings is 1. The number of amides is 3. The predicted molar refractivity (Wildman–Crippen MR) is 210 cm³/mol. The molecular weight excluding hydrogens is 690 g/mol. The Morgan fingerprint density at radius 1 is 1.00 bits per heavy atom. The molecule has 2 saturated heterocycles. The Bertz CT molecular complexity index is 1390. The second-order valence-electron chi connectivity index (χ2n) is 15.4. The molecule has 1 unspecified atom stereocenters. The van der Waals surface area contributed by atoms with Gasteiger partial charge in [-0.2, -0.15) is 0 Å². The summed E-state index contributed by atoms with van der Waals surface area (Å²) in [6, 6.07) is 6.61. The molecule has 1 aromatic carbocycles. The van der Waals surface area contributed by atoms with Crippen molar-refractivity contribution in [3.05, 3.63) is 35.9 Å². The van der Waals surface area contributed by atoms with E-state index in [4.69, 9.17) is 14.5 Å². The molecule has 14 nitrogen and oxygen atoms in total. The summed E-state index contributed by atoms with van der Waals surface area (Å²) in [7, 11) is 8.80. The van der Waals surface area contributed by atoms with Crippen molar-refractivity contribution in [2.24, 2.45) is 22.7 Å². The lowest BCUT2D eigenvalue weighted by Crippen LogP contribution is -2.56. The van der Waals surface area contributed by atoms with Crippen LogP contribution in [-0.4, -0.2) is 159 Å². The summed E-state index contributed by atoms with van der Waals surface area (Å²) in [6.07, 6.45) is 1.05. The second kappa shape index (κ2) is 21.4. The molecule has 0 saturated carbocycles. The summed E-state index contributed by atoms with van der Waals surface area (Å²) < 4.78 is 12.0. The van der Waals surface area contributed by atoms with Crippen molar-refractivity contribution < 1.29 is 33.8 Å². The molecule has 0 aromatic heterocycles. The van der Waals surface area contributed by atoms with E-state index in [0.717, 1.165) is 50.5 Å². The van der Waals surface area contributed by atoms with Crippen LogP contribution in [0, 0.1) is 17.8 Å². The molecule has 2 aliphatic rings. The summed E-state index contributed by atoms with van der Waals surface area (Å²) in [6.45, 7) is 13.7. The van der Waals surface area contributed by atoms with Gasteiger partial charge in [0.05, 0.1) is 36.6 Å². The van der Waals surface area contributed by atoms with Gasteiger partial charge in [-0.05, 0) is 30.2 Å². The molecule has 304 valence electrons. The van der Waals surface area contributed by atoms with Crippen molar-refractivity contribution in [1.82, 2.24) is 30.2 Å². The van der Waals surface area contributed by atoms with E-state index in [9.17, 15) is 24.3 Å². The molecule has 3 N–H and O–H groups in total. The lowest BCUT2D eigenvalue weighted by atomic mass is 9.89. The highest BCUT2D eigenvalue weighted by molar-refractivity contribution is 5.88. The Balaban J connectivity index is 1.80. The van der Waals surface area contributed by atoms with Crippen molar-refractivity contribution in [3.8, 4) is 0 Å². The maximum atomic E-state index is 14.4. The molecule has 3 amide bonds. The standard InChI is InChI=1S/C40H67N7O7/c1-11-27(4)35(45(8)38(50)34(26(2)3)43-40(44(6)7)46-22-19-41-20-23-46)32(53-9)25-33(48)47-21-15-18-31(47)36(54-10)28(5)37(49)42-30(39(51)52)24-29-16-13-12-14-17-29/h12-14,16-17,26-28,30-32,34-36,41H,11,15,18-25H2,1-10H3,(H,42,49)(H,51,52)/t27-,28+,30?,31-,32+,34-,35-,36+/m0/s1. The van der Waals surface area contributed by atoms with Crippen LogP contribution in [0.2, 0.25) is 0 Å². The Hall–Kier alpha value is -3.75. The maximum Gasteiger partial charge on any atom is 0.326 e. The first-order chi connectivity index (χ1) is 25.7. The lowest BCUT2D eigenvalue weighted by Gasteiger charge is -2.40. The minimum absolute atomic E-state index is 0.0119. The van der Waals surface area contributed by atoms with Crippen LogP contribution in [0.25, 0.3) is 0 Å². The van der Waals surface area contributed by atoms with Crippen LogP contribution in [0.3, 0.4) is 0 Å². The summed E-state index contributed by atoms with van der Waals surface area (Å²) in [5.41, 5.74) is 0.797. The first kappa shape index (κ1) is 44.6. The number of benzene rings is 1. The number of rotatable bonds is 18. The number of likely N-dealkylation sites (N-methyl/N-ethyl adjacent to an activating group) is 1. The zero-order valence-electron chi connectivity index (χ0n) is 34.3. The number of aliphatic imine (C=N–C) groups is 1. The first-order valence-corrected chi connectivity index (χ1v) is 19.6. The van der Waals surface area contributed by atoms with Crippen LogP contribution in [-0.2, 0) is 35.1 Å². The highest BCUT2D eigenvalue weighted by Gasteiger charge is 2.43. The zero-order valence-corrected chi connectivity index (χ0v) is 34.3. The predicted octanol–water partition coefficient (Wildman–Crippen LogP) is 2.57. The lowest BCUT2D eigenvalue weighted by molar-refractivity contribution is -0.147. The Kier molecular flexibility index (Phi) is 17.7. The van der Waals surface area contributed by atoms with E-state index in [-0.39, 0.29) is 36.5 Å². The molecule has 2 aliphatic heterocycles. The number of hydrogen-bond donors (Lipinski definition) is 3. The Labute approximate surface area is 323 Å². The minimum Gasteiger partial charge on any atom is -0.480 e. The van der Waals surface area contributed by atoms with Crippen molar-refractivity contribution >= 4 is 29.7 Å². The quantitative estimate of drug-likeness (QED) is 0.150. The average Bonchev–Trinajstić information content (AvgIpc) is 3.64. The number of carbonyl (C=O) groups is 4. The fraction of sp³-hybridized carbons (Fsp3) is 0.725. The topological polar surface area (TPSA) is 156 Å². The van der Waals surface area contributed by atoms with Crippen molar-refractivity contribution in [2.45, 2.75) is 103 Å². The molecule has 3 rings (SSSR count). The third kappa shape index (κ3) is 11.6. The van der Waals surface area contributed by atoms with Gasteiger partial charge in [0.2, 0.25) is 17.7 Å². The van der Waals surface area contributed by atoms with Gasteiger partial charge in [-0.25, -0.2) is 9.79 Å². The summed E-state index contributed by atoms with van der Waals surface area (Å²) in [5, 5.41) is 16.0. The molecule has 14 heteroatoms. The molecule has 54 heavy (non-hydrogen) atoms. The number of carbonyl (C=O) groups excluding carboxylic acids is 3. The molecular formula is C40H67N7O7. The molecule has 0 spiro atoms. The largest absolute Gasteiger partial charge is 0.480 e. The Morgan fingerprint density at radius 3 is 2.19 bits per heavy atom. The van der Waals surface area contributed by atoms with Gasteiger partial charge >= 0.3 is 5.97 Å². The highest BCUT2D eigenvalue weighted by Crippen LogP contribution is 2.30. The van der Waals surface area contributed by atoms with Gasteiger partial charge in [-0.1, -0.05) is 71.4 Å². The van der Waals surface area contributed by atoms with Crippen molar-refractivity contribution in [2.75, 3.05) is 68.1 Å². The summed E-state index contributed by atoms with van der Waals surface area (Å²) in [5.74, 6) is -1.86. The van der Waals surface area contributed by atoms with Crippen LogP contribution in [0.15, 0.2) is 35.3 Å². The van der Waals surface area contributed by atoms with E-state index in [0.29, 0.717) is 13.0 Å². The number of carboxylic acids is 1. The second-order valence-corrected chi connectivity index (χ2v) is 15.4. The molecule has 0 radical (unpaired) electrons. The van der Waals surface area contributed by atoms with Gasteiger partial charge in [-0.3, -0.25) is 14.4 Å². The maximum absolute atomic E-state index is 14.4. The zero-order chi connectivity index (χ0) is 40.1. The van der Waals surface area contributed by atoms with E-state index in [1.54, 1.807) is 30.9 Å². The number of aliphatic carboxylic acids is 1. The fourth-order valence-corrected chi connectivity index (χ4v) is 7.83. The number of nitrogens with zero attached hydrogens (tertiary/aromatic N) is 5. The third-order valence-corrected chi connectivity index (χ3v) is 11.1. The van der Waals surface area contributed by atoms with Gasteiger partial charge in [0, 0.05) is 74.5 Å². The van der Waals surface area contributed by atoms with Crippen LogP contribution in [0.1, 0.15) is 65.9 Å². The molecule has 0 bridgehead atoms. The first-order valence-electron chi connectivity index (χ1n) is 19.6. The van der Waals surface area contributed by atoms with Gasteiger partial charge in [0.25, 0.3) is 0 Å². The number of hydrogen-bond acceptors (Lipinski definition) is 8. The van der Waals surface area contributed by atoms with E-state index in [1.165, 1.54) is 7.11 Å². The normalized spacial score (nSPS) is 20.4. The van der Waals surface area contributed by atoms with Gasteiger partial charge in [0.1, 0.15) is 12.1 Å². The van der Waals surface area contributed by atoms with Crippen molar-refractivity contribution in [1.29, 1.82) is 0 Å². The number of ether oxygens (including phenoxy) is 2. The highest BCUT2D eigenvalue weighted by atomic mass is 16.5.